The van der Waals surface area contributed by atoms with Crippen LogP contribution >= 0.6 is 0 Å². The Morgan fingerprint density at radius 1 is 1.30 bits per heavy atom. The van der Waals surface area contributed by atoms with Gasteiger partial charge < -0.3 is 5.73 Å². The SMILES string of the molecule is CC1(C)CCCN(Cc2cc3ccccc3nc2N)C1. The Kier molecular flexibility index (Phi) is 3.38. The van der Waals surface area contributed by atoms with Crippen LogP contribution < -0.4 is 5.73 Å². The van der Waals surface area contributed by atoms with Gasteiger partial charge in [-0.1, -0.05) is 32.0 Å². The second-order valence-corrected chi connectivity index (χ2v) is 6.70. The molecule has 2 N–H and O–H groups in total. The number of piperidine rings is 1. The first kappa shape index (κ1) is 13.4. The topological polar surface area (TPSA) is 42.2 Å². The van der Waals surface area contributed by atoms with E-state index in [1.807, 2.05) is 18.2 Å². The van der Waals surface area contributed by atoms with E-state index >= 15 is 0 Å². The van der Waals surface area contributed by atoms with Crippen molar-refractivity contribution in [3.05, 3.63) is 35.9 Å². The third-order valence-electron chi connectivity index (χ3n) is 4.21. The molecule has 1 aliphatic heterocycles. The van der Waals surface area contributed by atoms with Gasteiger partial charge in [0.2, 0.25) is 0 Å². The number of pyridine rings is 1. The Balaban J connectivity index is 1.85. The van der Waals surface area contributed by atoms with E-state index in [1.54, 1.807) is 0 Å². The van der Waals surface area contributed by atoms with E-state index in [0.29, 0.717) is 11.2 Å². The Bertz CT molecular complexity index is 619. The van der Waals surface area contributed by atoms with E-state index in [9.17, 15) is 0 Å². The fourth-order valence-corrected chi connectivity index (χ4v) is 3.22. The van der Waals surface area contributed by atoms with Gasteiger partial charge in [0.1, 0.15) is 5.82 Å². The lowest BCUT2D eigenvalue weighted by atomic mass is 9.84. The van der Waals surface area contributed by atoms with Crippen LogP contribution in [0.4, 0.5) is 5.82 Å². The quantitative estimate of drug-likeness (QED) is 0.908. The largest absolute Gasteiger partial charge is 0.383 e. The zero-order chi connectivity index (χ0) is 14.2. The summed E-state index contributed by atoms with van der Waals surface area (Å²) in [6.45, 7) is 7.91. The van der Waals surface area contributed by atoms with Crippen LogP contribution in [0.1, 0.15) is 32.3 Å². The van der Waals surface area contributed by atoms with Crippen LogP contribution in [-0.2, 0) is 6.54 Å². The van der Waals surface area contributed by atoms with Gasteiger partial charge in [0.15, 0.2) is 0 Å². The van der Waals surface area contributed by atoms with Crippen molar-refractivity contribution in [2.24, 2.45) is 5.41 Å². The van der Waals surface area contributed by atoms with Crippen LogP contribution in [0.2, 0.25) is 0 Å². The average Bonchev–Trinajstić information content (AvgIpc) is 2.38. The summed E-state index contributed by atoms with van der Waals surface area (Å²) in [4.78, 5) is 7.03. The summed E-state index contributed by atoms with van der Waals surface area (Å²) in [7, 11) is 0. The van der Waals surface area contributed by atoms with E-state index in [-0.39, 0.29) is 0 Å². The lowest BCUT2D eigenvalue weighted by molar-refractivity contribution is 0.112. The molecule has 0 atom stereocenters. The Labute approximate surface area is 120 Å². The monoisotopic (exact) mass is 269 g/mol. The Hall–Kier alpha value is -1.61. The number of nitrogens with two attached hydrogens (primary N) is 1. The molecule has 20 heavy (non-hydrogen) atoms. The molecule has 1 aliphatic rings. The second-order valence-electron chi connectivity index (χ2n) is 6.70. The minimum Gasteiger partial charge on any atom is -0.383 e. The molecule has 2 aromatic rings. The number of hydrogen-bond acceptors (Lipinski definition) is 3. The highest BCUT2D eigenvalue weighted by Crippen LogP contribution is 2.30. The lowest BCUT2D eigenvalue weighted by Gasteiger charge is -2.38. The minimum atomic E-state index is 0.414. The van der Waals surface area contributed by atoms with E-state index in [2.05, 4.69) is 35.9 Å². The number of anilines is 1. The number of nitrogens with zero attached hydrogens (tertiary/aromatic N) is 2. The van der Waals surface area contributed by atoms with Crippen LogP contribution in [0.15, 0.2) is 30.3 Å². The van der Waals surface area contributed by atoms with Crippen LogP contribution in [-0.4, -0.2) is 23.0 Å². The average molecular weight is 269 g/mol. The van der Waals surface area contributed by atoms with Crippen molar-refractivity contribution >= 4 is 16.7 Å². The summed E-state index contributed by atoms with van der Waals surface area (Å²) in [5.41, 5.74) is 8.68. The third kappa shape index (κ3) is 2.78. The molecule has 1 saturated heterocycles. The van der Waals surface area contributed by atoms with Crippen molar-refractivity contribution in [2.45, 2.75) is 33.2 Å². The summed E-state index contributed by atoms with van der Waals surface area (Å²) in [5.74, 6) is 0.673. The molecule has 0 spiro atoms. The van der Waals surface area contributed by atoms with Gasteiger partial charge in [0.25, 0.3) is 0 Å². The normalized spacial score (nSPS) is 19.3. The van der Waals surface area contributed by atoms with Gasteiger partial charge >= 0.3 is 0 Å². The van der Waals surface area contributed by atoms with E-state index in [0.717, 1.165) is 30.7 Å². The summed E-state index contributed by atoms with van der Waals surface area (Å²) in [6, 6.07) is 10.4. The molecule has 2 heterocycles. The number of rotatable bonds is 2. The van der Waals surface area contributed by atoms with Crippen molar-refractivity contribution in [1.29, 1.82) is 0 Å². The van der Waals surface area contributed by atoms with Gasteiger partial charge in [-0.25, -0.2) is 4.98 Å². The van der Waals surface area contributed by atoms with E-state index < -0.39 is 0 Å². The molecule has 1 aromatic heterocycles. The molecule has 0 amide bonds. The molecule has 0 aliphatic carbocycles. The zero-order valence-electron chi connectivity index (χ0n) is 12.4. The van der Waals surface area contributed by atoms with E-state index in [4.69, 9.17) is 5.73 Å². The van der Waals surface area contributed by atoms with Gasteiger partial charge in [0, 0.05) is 24.0 Å². The number of nitrogen functional groups attached to an aromatic ring is 1. The number of benzene rings is 1. The fourth-order valence-electron chi connectivity index (χ4n) is 3.22. The van der Waals surface area contributed by atoms with Crippen molar-refractivity contribution in [1.82, 2.24) is 9.88 Å². The lowest BCUT2D eigenvalue weighted by Crippen LogP contribution is -2.39. The highest BCUT2D eigenvalue weighted by atomic mass is 15.1. The molecule has 3 nitrogen and oxygen atoms in total. The predicted molar refractivity (Wildman–Crippen MR) is 84.4 cm³/mol. The molecule has 1 fully saturated rings. The molecule has 0 radical (unpaired) electrons. The first-order valence-corrected chi connectivity index (χ1v) is 7.40. The van der Waals surface area contributed by atoms with Gasteiger partial charge in [-0.3, -0.25) is 4.90 Å². The van der Waals surface area contributed by atoms with Gasteiger partial charge in [0.05, 0.1) is 5.52 Å². The third-order valence-corrected chi connectivity index (χ3v) is 4.21. The number of likely N-dealkylation sites (tertiary alicyclic amines) is 1. The Morgan fingerprint density at radius 2 is 2.10 bits per heavy atom. The maximum absolute atomic E-state index is 6.13. The Morgan fingerprint density at radius 3 is 2.90 bits per heavy atom. The molecule has 0 unspecified atom stereocenters. The molecule has 3 heteroatoms. The van der Waals surface area contributed by atoms with Crippen LogP contribution in [0, 0.1) is 5.41 Å². The fraction of sp³-hybridized carbons (Fsp3) is 0.471. The molecule has 0 bridgehead atoms. The van der Waals surface area contributed by atoms with Crippen molar-refractivity contribution in [3.8, 4) is 0 Å². The zero-order valence-corrected chi connectivity index (χ0v) is 12.4. The summed E-state index contributed by atoms with van der Waals surface area (Å²) < 4.78 is 0. The van der Waals surface area contributed by atoms with Crippen molar-refractivity contribution in [3.63, 3.8) is 0 Å². The molecular formula is C17H23N3. The number of fused-ring (bicyclic) bond motifs is 1. The first-order chi connectivity index (χ1) is 9.53. The molecule has 1 aromatic carbocycles. The summed E-state index contributed by atoms with van der Waals surface area (Å²) in [5, 5.41) is 1.17. The summed E-state index contributed by atoms with van der Waals surface area (Å²) in [6.07, 6.45) is 2.59. The maximum atomic E-state index is 6.13. The second kappa shape index (κ2) is 5.06. The minimum absolute atomic E-state index is 0.414. The van der Waals surface area contributed by atoms with Crippen LogP contribution in [0.3, 0.4) is 0 Å². The molecule has 0 saturated carbocycles. The highest BCUT2D eigenvalue weighted by Gasteiger charge is 2.26. The van der Waals surface area contributed by atoms with Crippen molar-refractivity contribution in [2.75, 3.05) is 18.8 Å². The van der Waals surface area contributed by atoms with Gasteiger partial charge in [-0.05, 0) is 36.9 Å². The van der Waals surface area contributed by atoms with Crippen LogP contribution in [0.25, 0.3) is 10.9 Å². The number of aromatic nitrogens is 1. The molecule has 106 valence electrons. The van der Waals surface area contributed by atoms with Crippen molar-refractivity contribution < 1.29 is 0 Å². The molecule has 3 rings (SSSR count). The number of hydrogen-bond donors (Lipinski definition) is 1. The molecular weight excluding hydrogens is 246 g/mol. The highest BCUT2D eigenvalue weighted by molar-refractivity contribution is 5.81. The van der Waals surface area contributed by atoms with E-state index in [1.165, 1.54) is 18.2 Å². The number of para-hydroxylation sites is 1. The standard InChI is InChI=1S/C17H23N3/c1-17(2)8-5-9-20(12-17)11-14-10-13-6-3-4-7-15(13)19-16(14)18/h3-4,6-7,10H,5,8-9,11-12H2,1-2H3,(H2,18,19). The maximum Gasteiger partial charge on any atom is 0.128 e. The van der Waals surface area contributed by atoms with Crippen LogP contribution in [0.5, 0.6) is 0 Å². The van der Waals surface area contributed by atoms with Gasteiger partial charge in [-0.15, -0.1) is 0 Å². The predicted octanol–water partition coefficient (Wildman–Crippen LogP) is 3.44. The van der Waals surface area contributed by atoms with Gasteiger partial charge in [-0.2, -0.15) is 0 Å². The first-order valence-electron chi connectivity index (χ1n) is 7.40. The smallest absolute Gasteiger partial charge is 0.128 e. The summed E-state index contributed by atoms with van der Waals surface area (Å²) >= 11 is 0.